The average molecular weight is 270 g/mol. The minimum atomic E-state index is -3.30. The lowest BCUT2D eigenvalue weighted by Crippen LogP contribution is -2.12. The third kappa shape index (κ3) is 3.60. The fourth-order valence-electron chi connectivity index (χ4n) is 1.59. The number of nitrogens with one attached hydrogen (secondary N) is 1. The number of aromatic nitrogens is 1. The van der Waals surface area contributed by atoms with Crippen molar-refractivity contribution in [3.8, 4) is 5.75 Å². The molecule has 0 spiro atoms. The van der Waals surface area contributed by atoms with Crippen LogP contribution in [0, 0.1) is 0 Å². The Bertz CT molecular complexity index is 536. The van der Waals surface area contributed by atoms with E-state index in [0.29, 0.717) is 11.9 Å². The van der Waals surface area contributed by atoms with E-state index in [9.17, 15) is 8.42 Å². The number of sulfonamides is 1. The van der Waals surface area contributed by atoms with Crippen molar-refractivity contribution >= 4 is 15.8 Å². The van der Waals surface area contributed by atoms with Gasteiger partial charge in [-0.1, -0.05) is 13.8 Å². The monoisotopic (exact) mass is 270 g/mol. The maximum Gasteiger partial charge on any atom is 0.230 e. The van der Waals surface area contributed by atoms with Crippen molar-refractivity contribution in [1.29, 1.82) is 0 Å². The third-order valence-electron chi connectivity index (χ3n) is 2.54. The van der Waals surface area contributed by atoms with Gasteiger partial charge in [-0.3, -0.25) is 4.72 Å². The number of rotatable bonds is 5. The van der Waals surface area contributed by atoms with Crippen molar-refractivity contribution in [3.05, 3.63) is 17.8 Å². The molecule has 18 heavy (non-hydrogen) atoms. The third-order valence-corrected chi connectivity index (χ3v) is 3.12. The lowest BCUT2D eigenvalue weighted by atomic mass is 10.1. The number of hydrogen-bond donors (Lipinski definition) is 1. The van der Waals surface area contributed by atoms with Gasteiger partial charge in [-0.25, -0.2) is 13.4 Å². The van der Waals surface area contributed by atoms with E-state index in [1.165, 1.54) is 0 Å². The van der Waals surface area contributed by atoms with E-state index in [0.717, 1.165) is 30.5 Å². The first-order valence-electron chi connectivity index (χ1n) is 6.00. The Hall–Kier alpha value is -1.30. The van der Waals surface area contributed by atoms with Gasteiger partial charge in [0.2, 0.25) is 10.0 Å². The Morgan fingerprint density at radius 2 is 2.06 bits per heavy atom. The predicted octanol–water partition coefficient (Wildman–Crippen LogP) is 2.12. The first-order valence-corrected chi connectivity index (χ1v) is 7.89. The highest BCUT2D eigenvalue weighted by molar-refractivity contribution is 7.92. The molecule has 2 rings (SSSR count). The van der Waals surface area contributed by atoms with E-state index in [1.54, 1.807) is 12.1 Å². The van der Waals surface area contributed by atoms with E-state index < -0.39 is 10.0 Å². The normalized spacial score (nSPS) is 15.8. The van der Waals surface area contributed by atoms with E-state index in [2.05, 4.69) is 9.71 Å². The van der Waals surface area contributed by atoms with E-state index in [-0.39, 0.29) is 5.92 Å². The minimum absolute atomic E-state index is 0.181. The molecule has 0 aliphatic heterocycles. The van der Waals surface area contributed by atoms with Gasteiger partial charge >= 0.3 is 0 Å². The highest BCUT2D eigenvalue weighted by Crippen LogP contribution is 2.32. The fourth-order valence-corrected chi connectivity index (χ4v) is 2.08. The van der Waals surface area contributed by atoms with Crippen LogP contribution in [0.5, 0.6) is 5.75 Å². The van der Waals surface area contributed by atoms with Crippen LogP contribution in [0.15, 0.2) is 12.1 Å². The molecule has 6 heteroatoms. The van der Waals surface area contributed by atoms with Gasteiger partial charge < -0.3 is 4.74 Å². The van der Waals surface area contributed by atoms with Gasteiger partial charge in [0.1, 0.15) is 11.6 Å². The lowest BCUT2D eigenvalue weighted by Gasteiger charge is -2.14. The molecule has 0 atom stereocenters. The van der Waals surface area contributed by atoms with Crippen molar-refractivity contribution in [2.24, 2.45) is 0 Å². The molecule has 1 aliphatic rings. The quantitative estimate of drug-likeness (QED) is 0.889. The van der Waals surface area contributed by atoms with E-state index >= 15 is 0 Å². The van der Waals surface area contributed by atoms with Crippen LogP contribution >= 0.6 is 0 Å². The molecule has 0 saturated heterocycles. The molecule has 0 amide bonds. The van der Waals surface area contributed by atoms with Crippen LogP contribution in [0.2, 0.25) is 0 Å². The zero-order chi connectivity index (χ0) is 13.3. The Labute approximate surface area is 108 Å². The molecule has 0 bridgehead atoms. The molecule has 0 aromatic carbocycles. The lowest BCUT2D eigenvalue weighted by molar-refractivity contribution is 0.297. The summed E-state index contributed by atoms with van der Waals surface area (Å²) in [6.45, 7) is 4.01. The van der Waals surface area contributed by atoms with Gasteiger partial charge in [0.15, 0.2) is 0 Å². The van der Waals surface area contributed by atoms with Crippen molar-refractivity contribution in [2.45, 2.75) is 38.7 Å². The van der Waals surface area contributed by atoms with Gasteiger partial charge in [-0.15, -0.1) is 0 Å². The minimum Gasteiger partial charge on any atom is -0.489 e. The second kappa shape index (κ2) is 4.76. The summed E-state index contributed by atoms with van der Waals surface area (Å²) in [5.74, 6) is 1.27. The molecule has 1 aliphatic carbocycles. The van der Waals surface area contributed by atoms with E-state index in [1.807, 2.05) is 13.8 Å². The van der Waals surface area contributed by atoms with Gasteiger partial charge in [0, 0.05) is 0 Å². The van der Waals surface area contributed by atoms with Gasteiger partial charge in [0.05, 0.1) is 18.1 Å². The first-order chi connectivity index (χ1) is 8.35. The zero-order valence-corrected chi connectivity index (χ0v) is 11.6. The molecule has 100 valence electrons. The summed E-state index contributed by atoms with van der Waals surface area (Å²) in [7, 11) is -3.30. The number of anilines is 1. The van der Waals surface area contributed by atoms with Crippen LogP contribution in [0.3, 0.4) is 0 Å². The van der Waals surface area contributed by atoms with Gasteiger partial charge in [-0.2, -0.15) is 0 Å². The molecule has 1 aromatic rings. The Morgan fingerprint density at radius 3 is 2.56 bits per heavy atom. The number of hydrogen-bond acceptors (Lipinski definition) is 4. The van der Waals surface area contributed by atoms with Crippen LogP contribution in [-0.2, 0) is 10.0 Å². The summed E-state index contributed by atoms with van der Waals surface area (Å²) >= 11 is 0. The standard InChI is InChI=1S/C12H18N2O3S/c1-8(2)12-10(17-9-4-5-9)6-7-11(13-12)14-18(3,15)16/h6-9H,4-5H2,1-3H3,(H,13,14). The number of pyridine rings is 1. The maximum absolute atomic E-state index is 11.2. The maximum atomic E-state index is 11.2. The smallest absolute Gasteiger partial charge is 0.230 e. The molecule has 0 radical (unpaired) electrons. The molecule has 1 saturated carbocycles. The molecule has 1 fully saturated rings. The van der Waals surface area contributed by atoms with E-state index in [4.69, 9.17) is 4.74 Å². The number of ether oxygens (including phenoxy) is 1. The SMILES string of the molecule is CC(C)c1nc(NS(C)(=O)=O)ccc1OC1CC1. The molecule has 0 unspecified atom stereocenters. The van der Waals surface area contributed by atoms with Gasteiger partial charge in [0.25, 0.3) is 0 Å². The highest BCUT2D eigenvalue weighted by Gasteiger charge is 2.25. The molecule has 1 heterocycles. The molecule has 5 nitrogen and oxygen atoms in total. The largest absolute Gasteiger partial charge is 0.489 e. The van der Waals surface area contributed by atoms with Crippen molar-refractivity contribution < 1.29 is 13.2 Å². The Kier molecular flexibility index (Phi) is 3.47. The highest BCUT2D eigenvalue weighted by atomic mass is 32.2. The average Bonchev–Trinajstić information content (AvgIpc) is 3.01. The molecule has 1 aromatic heterocycles. The van der Waals surface area contributed by atoms with Crippen LogP contribution in [0.4, 0.5) is 5.82 Å². The van der Waals surface area contributed by atoms with Crippen LogP contribution in [0.25, 0.3) is 0 Å². The fraction of sp³-hybridized carbons (Fsp3) is 0.583. The summed E-state index contributed by atoms with van der Waals surface area (Å²) in [5.41, 5.74) is 0.788. The zero-order valence-electron chi connectivity index (χ0n) is 10.8. The second-order valence-corrected chi connectivity index (χ2v) is 6.67. The van der Waals surface area contributed by atoms with Crippen LogP contribution < -0.4 is 9.46 Å². The summed E-state index contributed by atoms with van der Waals surface area (Å²) in [5, 5.41) is 0. The predicted molar refractivity (Wildman–Crippen MR) is 70.4 cm³/mol. The summed E-state index contributed by atoms with van der Waals surface area (Å²) in [4.78, 5) is 4.32. The van der Waals surface area contributed by atoms with Gasteiger partial charge in [-0.05, 0) is 30.9 Å². The molecular formula is C12H18N2O3S. The Balaban J connectivity index is 2.27. The molecule has 1 N–H and O–H groups in total. The van der Waals surface area contributed by atoms with Crippen molar-refractivity contribution in [2.75, 3.05) is 11.0 Å². The van der Waals surface area contributed by atoms with Crippen LogP contribution in [-0.4, -0.2) is 25.8 Å². The second-order valence-electron chi connectivity index (χ2n) is 4.93. The first kappa shape index (κ1) is 13.1. The van der Waals surface area contributed by atoms with Crippen molar-refractivity contribution in [3.63, 3.8) is 0 Å². The number of nitrogens with zero attached hydrogens (tertiary/aromatic N) is 1. The summed E-state index contributed by atoms with van der Waals surface area (Å²) in [6, 6.07) is 3.42. The summed E-state index contributed by atoms with van der Waals surface area (Å²) < 4.78 is 30.5. The molecular weight excluding hydrogens is 252 g/mol. The summed E-state index contributed by atoms with van der Waals surface area (Å²) in [6.07, 6.45) is 3.58. The Morgan fingerprint density at radius 1 is 1.39 bits per heavy atom. The topological polar surface area (TPSA) is 68.3 Å². The van der Waals surface area contributed by atoms with Crippen molar-refractivity contribution in [1.82, 2.24) is 4.98 Å². The van der Waals surface area contributed by atoms with Crippen LogP contribution in [0.1, 0.15) is 38.3 Å².